The van der Waals surface area contributed by atoms with Gasteiger partial charge in [-0.15, -0.1) is 0 Å². The second-order valence-electron chi connectivity index (χ2n) is 2.74. The van der Waals surface area contributed by atoms with Gasteiger partial charge in [-0.1, -0.05) is 0 Å². The van der Waals surface area contributed by atoms with E-state index < -0.39 is 6.43 Å². The van der Waals surface area contributed by atoms with Crippen molar-refractivity contribution < 1.29 is 8.78 Å². The van der Waals surface area contributed by atoms with Gasteiger partial charge in [-0.3, -0.25) is 0 Å². The zero-order chi connectivity index (χ0) is 10.0. The Labute approximate surface area is 74.8 Å². The molecule has 0 N–H and O–H groups in total. The third-order valence-electron chi connectivity index (χ3n) is 1.96. The molecule has 1 aromatic rings. The number of pyridine rings is 1. The van der Waals surface area contributed by atoms with Crippen LogP contribution in [0, 0.1) is 25.2 Å². The molecule has 0 fully saturated rings. The molecule has 0 radical (unpaired) electrons. The molecule has 2 nitrogen and oxygen atoms in total. The second-order valence-corrected chi connectivity index (χ2v) is 2.74. The molecule has 0 bridgehead atoms. The number of halogens is 2. The van der Waals surface area contributed by atoms with Crippen LogP contribution in [0.3, 0.4) is 0 Å². The van der Waals surface area contributed by atoms with Crippen LogP contribution in [0.4, 0.5) is 8.78 Å². The molecule has 0 amide bonds. The summed E-state index contributed by atoms with van der Waals surface area (Å²) in [6.07, 6.45) is -1.21. The quantitative estimate of drug-likeness (QED) is 0.669. The minimum atomic E-state index is -2.64. The molecule has 1 rings (SSSR count). The molecule has 0 aliphatic carbocycles. The van der Waals surface area contributed by atoms with E-state index in [9.17, 15) is 8.78 Å². The molecule has 4 heteroatoms. The van der Waals surface area contributed by atoms with E-state index in [0.29, 0.717) is 11.1 Å². The van der Waals surface area contributed by atoms with Crippen molar-refractivity contribution in [2.45, 2.75) is 20.3 Å². The molecule has 0 aliphatic rings. The molecule has 68 valence electrons. The van der Waals surface area contributed by atoms with Gasteiger partial charge in [0, 0.05) is 6.20 Å². The van der Waals surface area contributed by atoms with Crippen molar-refractivity contribution in [3.63, 3.8) is 0 Å². The summed E-state index contributed by atoms with van der Waals surface area (Å²) >= 11 is 0. The van der Waals surface area contributed by atoms with Crippen LogP contribution in [0.1, 0.15) is 28.8 Å². The van der Waals surface area contributed by atoms with Crippen molar-refractivity contribution in [2.24, 2.45) is 0 Å². The number of aromatic nitrogens is 1. The summed E-state index contributed by atoms with van der Waals surface area (Å²) in [6, 6.07) is 1.65. The van der Waals surface area contributed by atoms with E-state index in [1.807, 2.05) is 0 Å². The van der Waals surface area contributed by atoms with Crippen molar-refractivity contribution in [1.29, 1.82) is 5.26 Å². The zero-order valence-electron chi connectivity index (χ0n) is 7.31. The molecule has 0 aliphatic heterocycles. The minimum absolute atomic E-state index is 0.182. The van der Waals surface area contributed by atoms with E-state index in [0.717, 1.165) is 0 Å². The minimum Gasteiger partial charge on any atom is -0.245 e. The lowest BCUT2D eigenvalue weighted by Gasteiger charge is -2.07. The molecule has 0 spiro atoms. The van der Waals surface area contributed by atoms with Crippen LogP contribution in [-0.4, -0.2) is 4.98 Å². The smallest absolute Gasteiger partial charge is 0.245 e. The monoisotopic (exact) mass is 182 g/mol. The first-order valence-electron chi connectivity index (χ1n) is 3.72. The van der Waals surface area contributed by atoms with Crippen molar-refractivity contribution in [2.75, 3.05) is 0 Å². The summed E-state index contributed by atoms with van der Waals surface area (Å²) in [5, 5.41) is 8.54. The molecule has 0 unspecified atom stereocenters. The Morgan fingerprint density at radius 1 is 1.46 bits per heavy atom. The maximum atomic E-state index is 12.5. The van der Waals surface area contributed by atoms with Gasteiger partial charge in [0.2, 0.25) is 0 Å². The van der Waals surface area contributed by atoms with Gasteiger partial charge in [0.05, 0.1) is 5.56 Å². The van der Waals surface area contributed by atoms with Gasteiger partial charge in [-0.25, -0.2) is 13.8 Å². The summed E-state index contributed by atoms with van der Waals surface area (Å²) in [6.45, 7) is 3.26. The maximum Gasteiger partial charge on any atom is 0.266 e. The van der Waals surface area contributed by atoms with Gasteiger partial charge in [-0.2, -0.15) is 5.26 Å². The van der Waals surface area contributed by atoms with Crippen LogP contribution in [0.15, 0.2) is 6.20 Å². The largest absolute Gasteiger partial charge is 0.266 e. The fraction of sp³-hybridized carbons (Fsp3) is 0.333. The Hall–Kier alpha value is -1.50. The van der Waals surface area contributed by atoms with Crippen LogP contribution >= 0.6 is 0 Å². The maximum absolute atomic E-state index is 12.5. The van der Waals surface area contributed by atoms with Crippen molar-refractivity contribution in [3.05, 3.63) is 28.6 Å². The lowest BCUT2D eigenvalue weighted by molar-refractivity contribution is 0.149. The number of nitriles is 1. The number of aryl methyl sites for hydroxylation is 1. The average Bonchev–Trinajstić information content (AvgIpc) is 2.08. The van der Waals surface area contributed by atoms with Crippen molar-refractivity contribution in [3.8, 4) is 6.07 Å². The molecule has 1 heterocycles. The lowest BCUT2D eigenvalue weighted by Crippen LogP contribution is -2.00. The summed E-state index contributed by atoms with van der Waals surface area (Å²) in [5.74, 6) is 0. The zero-order valence-corrected chi connectivity index (χ0v) is 7.31. The van der Waals surface area contributed by atoms with Crippen LogP contribution in [0.5, 0.6) is 0 Å². The number of alkyl halides is 2. The van der Waals surface area contributed by atoms with Gasteiger partial charge in [0.25, 0.3) is 6.43 Å². The second kappa shape index (κ2) is 3.48. The SMILES string of the molecule is Cc1cnc(C#N)c(C(F)F)c1C. The highest BCUT2D eigenvalue weighted by atomic mass is 19.3. The highest BCUT2D eigenvalue weighted by Crippen LogP contribution is 2.26. The van der Waals surface area contributed by atoms with E-state index in [-0.39, 0.29) is 11.3 Å². The molecule has 0 saturated carbocycles. The number of rotatable bonds is 1. The first kappa shape index (κ1) is 9.59. The molecule has 13 heavy (non-hydrogen) atoms. The molecule has 0 atom stereocenters. The van der Waals surface area contributed by atoms with Crippen LogP contribution in [-0.2, 0) is 0 Å². The van der Waals surface area contributed by atoms with E-state index in [1.165, 1.54) is 6.20 Å². The highest BCUT2D eigenvalue weighted by Gasteiger charge is 2.17. The van der Waals surface area contributed by atoms with E-state index in [2.05, 4.69) is 4.98 Å². The third kappa shape index (κ3) is 1.64. The van der Waals surface area contributed by atoms with Gasteiger partial charge >= 0.3 is 0 Å². The lowest BCUT2D eigenvalue weighted by atomic mass is 10.0. The van der Waals surface area contributed by atoms with Gasteiger partial charge in [0.15, 0.2) is 0 Å². The number of hydrogen-bond acceptors (Lipinski definition) is 2. The summed E-state index contributed by atoms with van der Waals surface area (Å²) in [7, 11) is 0. The van der Waals surface area contributed by atoms with Crippen molar-refractivity contribution in [1.82, 2.24) is 4.98 Å². The molecular formula is C9H8F2N2. The number of hydrogen-bond donors (Lipinski definition) is 0. The fourth-order valence-corrected chi connectivity index (χ4v) is 1.07. The first-order valence-corrected chi connectivity index (χ1v) is 3.72. The topological polar surface area (TPSA) is 36.7 Å². The Bertz CT molecular complexity index is 367. The van der Waals surface area contributed by atoms with Gasteiger partial charge in [-0.05, 0) is 25.0 Å². The van der Waals surface area contributed by atoms with E-state index >= 15 is 0 Å². The predicted octanol–water partition coefficient (Wildman–Crippen LogP) is 2.51. The number of nitrogens with zero attached hydrogens (tertiary/aromatic N) is 2. The van der Waals surface area contributed by atoms with Crippen LogP contribution in [0.25, 0.3) is 0 Å². The standard InChI is InChI=1S/C9H8F2N2/c1-5-4-13-7(3-12)8(6(5)2)9(10)11/h4,9H,1-2H3. The molecule has 0 saturated heterocycles. The first-order chi connectivity index (χ1) is 6.07. The van der Waals surface area contributed by atoms with Gasteiger partial charge in [0.1, 0.15) is 11.8 Å². The molecular weight excluding hydrogens is 174 g/mol. The summed E-state index contributed by atoms with van der Waals surface area (Å²) < 4.78 is 24.9. The Morgan fingerprint density at radius 3 is 2.54 bits per heavy atom. The summed E-state index contributed by atoms with van der Waals surface area (Å²) in [4.78, 5) is 3.64. The van der Waals surface area contributed by atoms with Crippen molar-refractivity contribution >= 4 is 0 Å². The normalized spacial score (nSPS) is 10.2. The van der Waals surface area contributed by atoms with E-state index in [1.54, 1.807) is 19.9 Å². The summed E-state index contributed by atoms with van der Waals surface area (Å²) in [5.41, 5.74) is 0.691. The highest BCUT2D eigenvalue weighted by molar-refractivity contribution is 5.41. The van der Waals surface area contributed by atoms with Crippen LogP contribution in [0.2, 0.25) is 0 Å². The third-order valence-corrected chi connectivity index (χ3v) is 1.96. The predicted molar refractivity (Wildman–Crippen MR) is 43.4 cm³/mol. The average molecular weight is 182 g/mol. The van der Waals surface area contributed by atoms with Crippen LogP contribution < -0.4 is 0 Å². The fourth-order valence-electron chi connectivity index (χ4n) is 1.07. The van der Waals surface area contributed by atoms with Gasteiger partial charge < -0.3 is 0 Å². The molecule has 1 aromatic heterocycles. The Balaban J connectivity index is 3.43. The Morgan fingerprint density at radius 2 is 2.08 bits per heavy atom. The van der Waals surface area contributed by atoms with E-state index in [4.69, 9.17) is 5.26 Å². The molecule has 0 aromatic carbocycles. The Kier molecular flexibility index (Phi) is 2.57.